The first-order chi connectivity index (χ1) is 14.8. The molecule has 0 amide bonds. The molecule has 0 saturated carbocycles. The molecular weight excluding hydrogens is 320 g/mol. The van der Waals surface area contributed by atoms with Crippen molar-refractivity contribution < 1.29 is 9.60 Å². The SMILES string of the molecule is [2H]Cc1c([2H])c([2H])c(-n2c(=O)c3cc4c(=O)n(C)c(=O)c4cc3c2=O)c(C([2H])([2H])[2H])c1[2H]. The van der Waals surface area contributed by atoms with E-state index in [0.717, 1.165) is 16.7 Å². The van der Waals surface area contributed by atoms with E-state index in [4.69, 9.17) is 9.60 Å². The van der Waals surface area contributed by atoms with Gasteiger partial charge in [0.05, 0.1) is 31.3 Å². The maximum atomic E-state index is 13.2. The van der Waals surface area contributed by atoms with Gasteiger partial charge in [-0.05, 0) is 37.5 Å². The molecule has 124 valence electrons. The summed E-state index contributed by atoms with van der Waals surface area (Å²) in [6.07, 6.45) is 0. The Morgan fingerprint density at radius 1 is 0.880 bits per heavy atom. The van der Waals surface area contributed by atoms with Crippen LogP contribution in [0, 0.1) is 13.8 Å². The second-order valence-corrected chi connectivity index (χ2v) is 5.64. The van der Waals surface area contributed by atoms with Gasteiger partial charge in [-0.2, -0.15) is 0 Å². The molecule has 0 fully saturated rings. The van der Waals surface area contributed by atoms with Crippen molar-refractivity contribution in [2.45, 2.75) is 13.8 Å². The Bertz CT molecular complexity index is 1590. The quantitative estimate of drug-likeness (QED) is 0.518. The van der Waals surface area contributed by atoms with Crippen LogP contribution >= 0.6 is 0 Å². The molecule has 0 radical (unpaired) electrons. The van der Waals surface area contributed by atoms with Crippen molar-refractivity contribution in [3.05, 3.63) is 82.8 Å². The number of benzene rings is 2. The molecule has 0 aliphatic carbocycles. The maximum Gasteiger partial charge on any atom is 0.266 e. The first-order valence-electron chi connectivity index (χ1n) is 10.8. The number of hydrogen-bond acceptors (Lipinski definition) is 4. The molecule has 2 aromatic heterocycles. The fraction of sp³-hybridized carbons (Fsp3) is 0.158. The third-order valence-corrected chi connectivity index (χ3v) is 4.16. The molecule has 0 aliphatic rings. The lowest BCUT2D eigenvalue weighted by Gasteiger charge is -2.05. The minimum Gasteiger partial charge on any atom is -0.277 e. The summed E-state index contributed by atoms with van der Waals surface area (Å²) in [5.74, 6) is 0. The van der Waals surface area contributed by atoms with Crippen molar-refractivity contribution in [2.75, 3.05) is 0 Å². The van der Waals surface area contributed by atoms with Crippen molar-refractivity contribution in [3.63, 3.8) is 0 Å². The summed E-state index contributed by atoms with van der Waals surface area (Å²) in [5, 5.41) is -0.700. The molecule has 2 heterocycles. The summed E-state index contributed by atoms with van der Waals surface area (Å²) in [6.45, 7) is -3.68. The Hall–Kier alpha value is -3.28. The van der Waals surface area contributed by atoms with Crippen LogP contribution in [0.5, 0.6) is 0 Å². The van der Waals surface area contributed by atoms with E-state index < -0.39 is 65.4 Å². The average Bonchev–Trinajstić information content (AvgIpc) is 3.08. The highest BCUT2D eigenvalue weighted by atomic mass is 16.2. The van der Waals surface area contributed by atoms with E-state index in [0.29, 0.717) is 4.57 Å². The van der Waals surface area contributed by atoms with Crippen molar-refractivity contribution in [1.82, 2.24) is 9.13 Å². The van der Waals surface area contributed by atoms with Crippen LogP contribution in [-0.2, 0) is 7.05 Å². The van der Waals surface area contributed by atoms with Gasteiger partial charge in [-0.25, -0.2) is 4.57 Å². The van der Waals surface area contributed by atoms with Crippen molar-refractivity contribution in [2.24, 2.45) is 7.05 Å². The van der Waals surface area contributed by atoms with E-state index in [-0.39, 0.29) is 27.1 Å². The summed E-state index contributed by atoms with van der Waals surface area (Å²) < 4.78 is 56.6. The third-order valence-electron chi connectivity index (χ3n) is 4.16. The zero-order valence-electron chi connectivity index (χ0n) is 19.9. The minimum absolute atomic E-state index is 0.0895. The van der Waals surface area contributed by atoms with E-state index in [1.54, 1.807) is 0 Å². The number of fused-ring (bicyclic) bond motifs is 2. The second-order valence-electron chi connectivity index (χ2n) is 5.64. The maximum absolute atomic E-state index is 13.2. The fourth-order valence-electron chi connectivity index (χ4n) is 2.90. The number of nitrogens with zero attached hydrogens (tertiary/aromatic N) is 2. The molecule has 6 heteroatoms. The monoisotopic (exact) mass is 341 g/mol. The third kappa shape index (κ3) is 1.91. The Morgan fingerprint density at radius 3 is 1.96 bits per heavy atom. The van der Waals surface area contributed by atoms with Gasteiger partial charge in [0.25, 0.3) is 22.2 Å². The molecule has 0 saturated heterocycles. The Morgan fingerprint density at radius 2 is 1.44 bits per heavy atom. The van der Waals surface area contributed by atoms with Crippen LogP contribution in [0.15, 0.2) is 49.4 Å². The topological polar surface area (TPSA) is 78.1 Å². The molecule has 0 N–H and O–H groups in total. The van der Waals surface area contributed by atoms with Crippen LogP contribution < -0.4 is 22.2 Å². The Kier molecular flexibility index (Phi) is 1.80. The smallest absolute Gasteiger partial charge is 0.266 e. The highest BCUT2D eigenvalue weighted by Gasteiger charge is 2.19. The molecular formula is C19H14N2O4. The summed E-state index contributed by atoms with van der Waals surface area (Å²) in [4.78, 5) is 50.8. The molecule has 4 rings (SSSR count). The highest BCUT2D eigenvalue weighted by molar-refractivity contribution is 5.98. The summed E-state index contributed by atoms with van der Waals surface area (Å²) in [7, 11) is 1.25. The molecule has 25 heavy (non-hydrogen) atoms. The van der Waals surface area contributed by atoms with E-state index >= 15 is 0 Å². The number of hydrogen-bond donors (Lipinski definition) is 0. The summed E-state index contributed by atoms with van der Waals surface area (Å²) in [5.41, 5.74) is -5.28. The van der Waals surface area contributed by atoms with Gasteiger partial charge in [-0.3, -0.25) is 23.7 Å². The van der Waals surface area contributed by atoms with Crippen LogP contribution in [-0.4, -0.2) is 9.13 Å². The largest absolute Gasteiger partial charge is 0.277 e. The van der Waals surface area contributed by atoms with Gasteiger partial charge in [0.2, 0.25) is 0 Å². The van der Waals surface area contributed by atoms with Gasteiger partial charge in [0.15, 0.2) is 0 Å². The lowest BCUT2D eigenvalue weighted by Crippen LogP contribution is -2.24. The van der Waals surface area contributed by atoms with Gasteiger partial charge in [-0.15, -0.1) is 0 Å². The minimum atomic E-state index is -3.04. The van der Waals surface area contributed by atoms with E-state index in [1.165, 1.54) is 7.05 Å². The predicted octanol–water partition coefficient (Wildman–Crippen LogP) is 1.06. The van der Waals surface area contributed by atoms with Crippen LogP contribution in [0.2, 0.25) is 0 Å². The highest BCUT2D eigenvalue weighted by Crippen LogP contribution is 2.18. The van der Waals surface area contributed by atoms with Crippen LogP contribution in [0.3, 0.4) is 0 Å². The Balaban J connectivity index is 2.26. The first kappa shape index (κ1) is 9.27. The van der Waals surface area contributed by atoms with Gasteiger partial charge in [-0.1, -0.05) is 17.6 Å². The van der Waals surface area contributed by atoms with Crippen LogP contribution in [0.4, 0.5) is 0 Å². The van der Waals surface area contributed by atoms with Gasteiger partial charge >= 0.3 is 0 Å². The molecule has 0 unspecified atom stereocenters. The molecule has 0 aliphatic heterocycles. The molecule has 0 spiro atoms. The van der Waals surface area contributed by atoms with Crippen LogP contribution in [0.1, 0.15) is 20.7 Å². The fourth-order valence-corrected chi connectivity index (χ4v) is 2.90. The van der Waals surface area contributed by atoms with Crippen molar-refractivity contribution >= 4 is 21.5 Å². The molecule has 4 aromatic rings. The molecule has 6 nitrogen and oxygen atoms in total. The lowest BCUT2D eigenvalue weighted by molar-refractivity contribution is 0.856. The van der Waals surface area contributed by atoms with E-state index in [1.807, 2.05) is 0 Å². The van der Waals surface area contributed by atoms with E-state index in [2.05, 4.69) is 0 Å². The molecule has 0 atom stereocenters. The number of rotatable bonds is 1. The second kappa shape index (κ2) is 4.86. The standard InChI is InChI=1S/C19H14N2O4/c1-9-4-5-15(10(2)6-9)21-18(24)13-7-11-12(8-14(13)19(21)25)17(23)20(3)16(11)22/h4-8H,1-3H3/i1D,2D3,4D,5D,6D. The normalized spacial score (nSPS) is 16.1. The zero-order chi connectivity index (χ0) is 23.9. The predicted molar refractivity (Wildman–Crippen MR) is 96.7 cm³/mol. The Labute approximate surface area is 150 Å². The zero-order valence-corrected chi connectivity index (χ0v) is 12.9. The molecule has 2 aromatic carbocycles. The van der Waals surface area contributed by atoms with Crippen LogP contribution in [0.25, 0.3) is 27.2 Å². The average molecular weight is 341 g/mol. The van der Waals surface area contributed by atoms with Gasteiger partial charge in [0, 0.05) is 12.5 Å². The molecule has 0 bridgehead atoms. The summed E-state index contributed by atoms with van der Waals surface area (Å²) >= 11 is 0. The van der Waals surface area contributed by atoms with E-state index in [9.17, 15) is 19.2 Å². The van der Waals surface area contributed by atoms with Crippen molar-refractivity contribution in [1.29, 1.82) is 0 Å². The first-order valence-corrected chi connectivity index (χ1v) is 7.14. The lowest BCUT2D eigenvalue weighted by atomic mass is 10.1. The van der Waals surface area contributed by atoms with Gasteiger partial charge < -0.3 is 0 Å². The van der Waals surface area contributed by atoms with Gasteiger partial charge in [0.1, 0.15) is 0 Å². The summed E-state index contributed by atoms with van der Waals surface area (Å²) in [6, 6.07) is 0.00732. The number of aromatic nitrogens is 2. The van der Waals surface area contributed by atoms with Crippen molar-refractivity contribution in [3.8, 4) is 5.69 Å².